The van der Waals surface area contributed by atoms with Gasteiger partial charge in [-0.05, 0) is 48.2 Å². The van der Waals surface area contributed by atoms with Gasteiger partial charge in [-0.1, -0.05) is 24.3 Å². The van der Waals surface area contributed by atoms with Crippen molar-refractivity contribution in [2.24, 2.45) is 0 Å². The third-order valence-electron chi connectivity index (χ3n) is 5.16. The SMILES string of the molecule is COc1ccc(CC([C@H]2CN[C@H](Cc3cccc(C(=O)O)c3)CO2)[PH](=O)O)cc1. The summed E-state index contributed by atoms with van der Waals surface area (Å²) in [5.74, 6) is -0.207. The summed E-state index contributed by atoms with van der Waals surface area (Å²) in [6, 6.07) is 14.3. The van der Waals surface area contributed by atoms with Crippen LogP contribution in [0.2, 0.25) is 0 Å². The summed E-state index contributed by atoms with van der Waals surface area (Å²) in [6.07, 6.45) is 0.733. The molecule has 0 aromatic heterocycles. The molecule has 0 aliphatic carbocycles. The van der Waals surface area contributed by atoms with Gasteiger partial charge in [0.1, 0.15) is 5.75 Å². The largest absolute Gasteiger partial charge is 0.497 e. The van der Waals surface area contributed by atoms with Crippen molar-refractivity contribution in [3.8, 4) is 5.75 Å². The third kappa shape index (κ3) is 5.90. The van der Waals surface area contributed by atoms with Gasteiger partial charge in [-0.3, -0.25) is 4.57 Å². The highest BCUT2D eigenvalue weighted by atomic mass is 31.1. The van der Waals surface area contributed by atoms with E-state index in [2.05, 4.69) is 5.32 Å². The van der Waals surface area contributed by atoms with Crippen LogP contribution in [0.1, 0.15) is 21.5 Å². The average Bonchev–Trinajstić information content (AvgIpc) is 2.73. The molecule has 1 heterocycles. The number of carbonyl (C=O) groups is 1. The number of methoxy groups -OCH3 is 1. The van der Waals surface area contributed by atoms with Crippen molar-refractivity contribution in [1.82, 2.24) is 5.32 Å². The maximum Gasteiger partial charge on any atom is 0.335 e. The van der Waals surface area contributed by atoms with E-state index in [0.29, 0.717) is 26.0 Å². The van der Waals surface area contributed by atoms with E-state index in [0.717, 1.165) is 16.9 Å². The molecule has 2 aromatic rings. The van der Waals surface area contributed by atoms with Gasteiger partial charge in [-0.2, -0.15) is 0 Å². The Morgan fingerprint density at radius 2 is 2.03 bits per heavy atom. The van der Waals surface area contributed by atoms with Crippen LogP contribution in [0.15, 0.2) is 48.5 Å². The van der Waals surface area contributed by atoms with Crippen LogP contribution in [0, 0.1) is 0 Å². The Morgan fingerprint density at radius 3 is 2.62 bits per heavy atom. The summed E-state index contributed by atoms with van der Waals surface area (Å²) < 4.78 is 23.1. The van der Waals surface area contributed by atoms with Crippen molar-refractivity contribution in [3.63, 3.8) is 0 Å². The van der Waals surface area contributed by atoms with Gasteiger partial charge in [-0.15, -0.1) is 0 Å². The first kappa shape index (κ1) is 21.5. The van der Waals surface area contributed by atoms with Crippen LogP contribution in [-0.4, -0.2) is 54.0 Å². The van der Waals surface area contributed by atoms with Gasteiger partial charge < -0.3 is 24.8 Å². The molecule has 29 heavy (non-hydrogen) atoms. The highest BCUT2D eigenvalue weighted by Crippen LogP contribution is 2.31. The lowest BCUT2D eigenvalue weighted by Crippen LogP contribution is -2.51. The first-order valence-electron chi connectivity index (χ1n) is 9.49. The molecule has 156 valence electrons. The van der Waals surface area contributed by atoms with Gasteiger partial charge in [0.2, 0.25) is 0 Å². The Morgan fingerprint density at radius 1 is 1.28 bits per heavy atom. The fourth-order valence-corrected chi connectivity index (χ4v) is 4.48. The van der Waals surface area contributed by atoms with E-state index in [1.807, 2.05) is 30.3 Å². The number of rotatable bonds is 8. The fourth-order valence-electron chi connectivity index (χ4n) is 3.54. The van der Waals surface area contributed by atoms with Crippen molar-refractivity contribution in [2.75, 3.05) is 20.3 Å². The van der Waals surface area contributed by atoms with Crippen LogP contribution in [0.25, 0.3) is 0 Å². The standard InChI is InChI=1S/C21H26NO6P/c1-27-18-7-5-14(6-8-18)11-20(29(25)26)19-12-22-17(13-28-19)10-15-3-2-4-16(9-15)21(23)24/h2-9,17,19-20,22,29H,10-13H2,1H3,(H,23,24)(H,25,26)/t17-,19-,20?/m1/s1. The number of ether oxygens (including phenoxy) is 2. The number of hydrogen-bond donors (Lipinski definition) is 3. The smallest absolute Gasteiger partial charge is 0.335 e. The number of carboxylic acid groups (broad SMARTS) is 1. The quantitative estimate of drug-likeness (QED) is 0.564. The molecule has 3 rings (SSSR count). The zero-order valence-electron chi connectivity index (χ0n) is 16.2. The second-order valence-electron chi connectivity index (χ2n) is 7.18. The minimum atomic E-state index is -2.79. The summed E-state index contributed by atoms with van der Waals surface area (Å²) in [5.41, 5.74) is 1.65. The minimum Gasteiger partial charge on any atom is -0.497 e. The Kier molecular flexibility index (Phi) is 7.45. The molecule has 1 saturated heterocycles. The summed E-state index contributed by atoms with van der Waals surface area (Å²) >= 11 is 0. The zero-order valence-corrected chi connectivity index (χ0v) is 17.2. The van der Waals surface area contributed by atoms with Crippen LogP contribution < -0.4 is 10.1 Å². The topological polar surface area (TPSA) is 105 Å². The highest BCUT2D eigenvalue weighted by Gasteiger charge is 2.31. The zero-order chi connectivity index (χ0) is 20.8. The lowest BCUT2D eigenvalue weighted by Gasteiger charge is -2.34. The Bertz CT molecular complexity index is 849. The van der Waals surface area contributed by atoms with E-state index in [9.17, 15) is 14.3 Å². The molecular weight excluding hydrogens is 393 g/mol. The summed E-state index contributed by atoms with van der Waals surface area (Å²) in [7, 11) is -1.19. The minimum absolute atomic E-state index is 0.0259. The third-order valence-corrected chi connectivity index (χ3v) is 6.37. The average molecular weight is 419 g/mol. The molecular formula is C21H26NO6P. The summed E-state index contributed by atoms with van der Waals surface area (Å²) in [4.78, 5) is 21.0. The van der Waals surface area contributed by atoms with Crippen LogP contribution in [0.4, 0.5) is 0 Å². The Labute approximate surface area is 170 Å². The molecule has 0 amide bonds. The molecule has 1 aliphatic rings. The second kappa shape index (κ2) is 10.0. The van der Waals surface area contributed by atoms with E-state index in [1.54, 1.807) is 25.3 Å². The molecule has 0 spiro atoms. The first-order chi connectivity index (χ1) is 14.0. The molecule has 1 aliphatic heterocycles. The van der Waals surface area contributed by atoms with Crippen molar-refractivity contribution in [2.45, 2.75) is 30.6 Å². The van der Waals surface area contributed by atoms with Crippen LogP contribution in [0.5, 0.6) is 5.75 Å². The van der Waals surface area contributed by atoms with Crippen molar-refractivity contribution in [1.29, 1.82) is 0 Å². The van der Waals surface area contributed by atoms with E-state index in [4.69, 9.17) is 14.6 Å². The number of benzene rings is 2. The van der Waals surface area contributed by atoms with E-state index >= 15 is 0 Å². The molecule has 0 radical (unpaired) electrons. The van der Waals surface area contributed by atoms with Gasteiger partial charge in [-0.25, -0.2) is 4.79 Å². The van der Waals surface area contributed by atoms with Gasteiger partial charge in [0.25, 0.3) is 0 Å². The molecule has 7 nitrogen and oxygen atoms in total. The lowest BCUT2D eigenvalue weighted by molar-refractivity contribution is 0.00137. The van der Waals surface area contributed by atoms with E-state index in [1.165, 1.54) is 0 Å². The molecule has 3 N–H and O–H groups in total. The van der Waals surface area contributed by atoms with Gasteiger partial charge in [0, 0.05) is 12.6 Å². The Balaban J connectivity index is 1.57. The molecule has 8 heteroatoms. The van der Waals surface area contributed by atoms with Crippen molar-refractivity contribution >= 4 is 14.0 Å². The number of morpholine rings is 1. The number of nitrogens with one attached hydrogen (secondary N) is 1. The number of carboxylic acids is 1. The normalized spacial score (nSPS) is 21.3. The summed E-state index contributed by atoms with van der Waals surface area (Å²) in [6.45, 7) is 0.872. The van der Waals surface area contributed by atoms with Gasteiger partial charge in [0.15, 0.2) is 8.03 Å². The molecule has 2 unspecified atom stereocenters. The monoisotopic (exact) mass is 419 g/mol. The van der Waals surface area contributed by atoms with E-state index in [-0.39, 0.29) is 17.7 Å². The number of hydrogen-bond acceptors (Lipinski definition) is 5. The maximum absolute atomic E-state index is 12.0. The lowest BCUT2D eigenvalue weighted by atomic mass is 10.0. The van der Waals surface area contributed by atoms with Gasteiger partial charge >= 0.3 is 5.97 Å². The first-order valence-corrected chi connectivity index (χ1v) is 10.9. The Hall–Kier alpha value is -2.18. The van der Waals surface area contributed by atoms with Crippen molar-refractivity contribution in [3.05, 3.63) is 65.2 Å². The molecule has 1 fully saturated rings. The molecule has 0 bridgehead atoms. The van der Waals surface area contributed by atoms with Crippen LogP contribution in [-0.2, 0) is 22.1 Å². The predicted octanol–water partition coefficient (Wildman–Crippen LogP) is 2.37. The predicted molar refractivity (Wildman–Crippen MR) is 110 cm³/mol. The maximum atomic E-state index is 12.0. The van der Waals surface area contributed by atoms with Crippen molar-refractivity contribution < 1.29 is 28.8 Å². The highest BCUT2D eigenvalue weighted by molar-refractivity contribution is 7.39. The van der Waals surface area contributed by atoms with Gasteiger partial charge in [0.05, 0.1) is 31.0 Å². The van der Waals surface area contributed by atoms with E-state index < -0.39 is 19.7 Å². The fraction of sp³-hybridized carbons (Fsp3) is 0.381. The molecule has 2 aromatic carbocycles. The summed E-state index contributed by atoms with van der Waals surface area (Å²) in [5, 5.41) is 12.5. The molecule has 0 saturated carbocycles. The number of aromatic carboxylic acids is 1. The van der Waals surface area contributed by atoms with Crippen LogP contribution >= 0.6 is 8.03 Å². The second-order valence-corrected chi connectivity index (χ2v) is 8.60. The van der Waals surface area contributed by atoms with Crippen LogP contribution in [0.3, 0.4) is 0 Å². The molecule has 4 atom stereocenters.